The zero-order chi connectivity index (χ0) is 16.7. The molecule has 1 atom stereocenters. The molecule has 1 aromatic carbocycles. The molecule has 0 amide bonds. The molecule has 0 fully saturated rings. The minimum Gasteiger partial charge on any atom is -0.483 e. The summed E-state index contributed by atoms with van der Waals surface area (Å²) in [5.41, 5.74) is 7.38. The van der Waals surface area contributed by atoms with Crippen molar-refractivity contribution in [3.8, 4) is 5.75 Å². The molecule has 0 radical (unpaired) electrons. The van der Waals surface area contributed by atoms with Crippen molar-refractivity contribution in [2.24, 2.45) is 5.73 Å². The number of pyridine rings is 1. The first-order chi connectivity index (χ1) is 11.1. The van der Waals surface area contributed by atoms with E-state index < -0.39 is 0 Å². The van der Waals surface area contributed by atoms with Crippen LogP contribution >= 0.6 is 0 Å². The Kier molecular flexibility index (Phi) is 6.38. The van der Waals surface area contributed by atoms with Gasteiger partial charge in [0, 0.05) is 24.3 Å². The molecule has 2 aromatic rings. The predicted molar refractivity (Wildman–Crippen MR) is 90.3 cm³/mol. The largest absolute Gasteiger partial charge is 0.483 e. The molecule has 5 heteroatoms. The summed E-state index contributed by atoms with van der Waals surface area (Å²) in [6.07, 6.45) is 3.52. The van der Waals surface area contributed by atoms with Gasteiger partial charge in [-0.3, -0.25) is 4.79 Å². The summed E-state index contributed by atoms with van der Waals surface area (Å²) >= 11 is 0. The molecular formula is C18H24N2O3. The lowest BCUT2D eigenvalue weighted by molar-refractivity contribution is 0.263. The Balaban J connectivity index is 2.17. The molecule has 0 aliphatic carbocycles. The second kappa shape index (κ2) is 8.50. The molecule has 2 rings (SSSR count). The summed E-state index contributed by atoms with van der Waals surface area (Å²) in [4.78, 5) is 12.1. The number of aromatic nitrogens is 1. The van der Waals surface area contributed by atoms with E-state index in [2.05, 4.69) is 6.92 Å². The number of rotatable bonds is 8. The number of nitrogens with two attached hydrogens (primary N) is 1. The number of ether oxygens (including phenoxy) is 1. The second-order valence-corrected chi connectivity index (χ2v) is 5.63. The molecule has 0 spiro atoms. The molecule has 0 bridgehead atoms. The fraction of sp³-hybridized carbons (Fsp3) is 0.389. The fourth-order valence-electron chi connectivity index (χ4n) is 2.46. The van der Waals surface area contributed by atoms with Gasteiger partial charge >= 0.3 is 0 Å². The van der Waals surface area contributed by atoms with E-state index in [0.717, 1.165) is 18.4 Å². The smallest absolute Gasteiger partial charge is 0.223 e. The zero-order valence-electron chi connectivity index (χ0n) is 13.4. The van der Waals surface area contributed by atoms with Crippen molar-refractivity contribution in [2.75, 3.05) is 0 Å². The highest BCUT2D eigenvalue weighted by Gasteiger charge is 2.10. The Morgan fingerprint density at radius 2 is 2.04 bits per heavy atom. The lowest BCUT2D eigenvalue weighted by Gasteiger charge is -2.18. The van der Waals surface area contributed by atoms with Crippen molar-refractivity contribution in [1.29, 1.82) is 0 Å². The molecule has 1 heterocycles. The summed E-state index contributed by atoms with van der Waals surface area (Å²) < 4.78 is 7.46. The van der Waals surface area contributed by atoms with Gasteiger partial charge in [0.15, 0.2) is 5.75 Å². The molecule has 0 saturated heterocycles. The van der Waals surface area contributed by atoms with Gasteiger partial charge in [0.1, 0.15) is 6.61 Å². The number of aliphatic hydroxyl groups is 1. The van der Waals surface area contributed by atoms with Crippen molar-refractivity contribution in [2.45, 2.75) is 45.6 Å². The lowest BCUT2D eigenvalue weighted by atomic mass is 10.1. The molecule has 23 heavy (non-hydrogen) atoms. The lowest BCUT2D eigenvalue weighted by Crippen LogP contribution is -2.28. The first kappa shape index (κ1) is 17.2. The van der Waals surface area contributed by atoms with Crippen molar-refractivity contribution < 1.29 is 9.84 Å². The Labute approximate surface area is 136 Å². The molecule has 1 aromatic heterocycles. The highest BCUT2D eigenvalue weighted by molar-refractivity contribution is 5.23. The van der Waals surface area contributed by atoms with E-state index in [9.17, 15) is 9.90 Å². The highest BCUT2D eigenvalue weighted by atomic mass is 16.5. The maximum atomic E-state index is 12.1. The normalized spacial score (nSPS) is 12.1. The Morgan fingerprint density at radius 3 is 2.70 bits per heavy atom. The Morgan fingerprint density at radius 1 is 1.30 bits per heavy atom. The van der Waals surface area contributed by atoms with Gasteiger partial charge in [-0.25, -0.2) is 0 Å². The maximum absolute atomic E-state index is 12.1. The van der Waals surface area contributed by atoms with Crippen LogP contribution in [0.2, 0.25) is 0 Å². The number of hydrogen-bond acceptors (Lipinski definition) is 4. The van der Waals surface area contributed by atoms with Crippen LogP contribution in [0.25, 0.3) is 0 Å². The molecule has 124 valence electrons. The van der Waals surface area contributed by atoms with Gasteiger partial charge in [-0.15, -0.1) is 0 Å². The molecule has 0 aliphatic rings. The minimum absolute atomic E-state index is 0.0187. The van der Waals surface area contributed by atoms with Crippen LogP contribution < -0.4 is 15.9 Å². The second-order valence-electron chi connectivity index (χ2n) is 5.63. The van der Waals surface area contributed by atoms with E-state index in [4.69, 9.17) is 10.5 Å². The highest BCUT2D eigenvalue weighted by Crippen LogP contribution is 2.11. The number of hydrogen-bond donors (Lipinski definition) is 2. The molecular weight excluding hydrogens is 292 g/mol. The van der Waals surface area contributed by atoms with E-state index in [1.54, 1.807) is 6.20 Å². The van der Waals surface area contributed by atoms with Gasteiger partial charge < -0.3 is 20.1 Å². The van der Waals surface area contributed by atoms with Crippen LogP contribution in [0.15, 0.2) is 47.4 Å². The quantitative estimate of drug-likeness (QED) is 0.781. The Hall–Kier alpha value is -2.11. The van der Waals surface area contributed by atoms with Crippen LogP contribution in [0, 0.1) is 0 Å². The van der Waals surface area contributed by atoms with Gasteiger partial charge in [0.2, 0.25) is 5.43 Å². The molecule has 0 aliphatic heterocycles. The third-order valence-corrected chi connectivity index (χ3v) is 3.67. The van der Waals surface area contributed by atoms with Gasteiger partial charge in [-0.05, 0) is 12.0 Å². The molecule has 3 N–H and O–H groups in total. The number of aliphatic hydroxyl groups excluding tert-OH is 1. The summed E-state index contributed by atoms with van der Waals surface area (Å²) in [5.74, 6) is 0.273. The minimum atomic E-state index is -0.231. The third-order valence-electron chi connectivity index (χ3n) is 3.67. The van der Waals surface area contributed by atoms with Gasteiger partial charge in [-0.1, -0.05) is 43.7 Å². The first-order valence-corrected chi connectivity index (χ1v) is 7.90. The SMILES string of the molecule is CCCC(N)Cn1cc(OCc2ccccc2)c(=O)cc1CO. The van der Waals surface area contributed by atoms with E-state index >= 15 is 0 Å². The number of benzene rings is 1. The van der Waals surface area contributed by atoms with E-state index in [1.807, 2.05) is 34.9 Å². The van der Waals surface area contributed by atoms with Crippen LogP contribution in [0.1, 0.15) is 31.0 Å². The summed E-state index contributed by atoms with van der Waals surface area (Å²) in [5, 5.41) is 9.44. The van der Waals surface area contributed by atoms with Gasteiger partial charge in [-0.2, -0.15) is 0 Å². The molecule has 0 saturated carbocycles. The van der Waals surface area contributed by atoms with E-state index in [0.29, 0.717) is 18.8 Å². The average Bonchev–Trinajstić information content (AvgIpc) is 2.56. The monoisotopic (exact) mass is 316 g/mol. The number of nitrogens with zero attached hydrogens (tertiary/aromatic N) is 1. The van der Waals surface area contributed by atoms with Crippen LogP contribution in [0.5, 0.6) is 5.75 Å². The summed E-state index contributed by atoms with van der Waals surface area (Å²) in [6.45, 7) is 2.75. The Bertz CT molecular complexity index is 668. The van der Waals surface area contributed by atoms with Crippen LogP contribution in [0.4, 0.5) is 0 Å². The van der Waals surface area contributed by atoms with Crippen molar-refractivity contribution >= 4 is 0 Å². The van der Waals surface area contributed by atoms with Gasteiger partial charge in [0.25, 0.3) is 0 Å². The average molecular weight is 316 g/mol. The van der Waals surface area contributed by atoms with E-state index in [-0.39, 0.29) is 23.8 Å². The predicted octanol–water partition coefficient (Wildman–Crippen LogP) is 2.05. The third kappa shape index (κ3) is 4.94. The molecule has 5 nitrogen and oxygen atoms in total. The van der Waals surface area contributed by atoms with Crippen molar-refractivity contribution in [1.82, 2.24) is 4.57 Å². The first-order valence-electron chi connectivity index (χ1n) is 7.90. The maximum Gasteiger partial charge on any atom is 0.223 e. The van der Waals surface area contributed by atoms with Crippen molar-refractivity contribution in [3.63, 3.8) is 0 Å². The van der Waals surface area contributed by atoms with Crippen LogP contribution in [-0.2, 0) is 19.8 Å². The standard InChI is InChI=1S/C18H24N2O3/c1-2-6-15(19)10-20-11-18(17(22)9-16(20)12-21)23-13-14-7-4-3-5-8-14/h3-5,7-9,11,15,21H,2,6,10,12-13,19H2,1H3. The van der Waals surface area contributed by atoms with Crippen LogP contribution in [-0.4, -0.2) is 15.7 Å². The molecule has 1 unspecified atom stereocenters. The van der Waals surface area contributed by atoms with Crippen molar-refractivity contribution in [3.05, 3.63) is 64.1 Å². The topological polar surface area (TPSA) is 77.5 Å². The van der Waals surface area contributed by atoms with Crippen LogP contribution in [0.3, 0.4) is 0 Å². The fourth-order valence-corrected chi connectivity index (χ4v) is 2.46. The van der Waals surface area contributed by atoms with E-state index in [1.165, 1.54) is 6.07 Å². The van der Waals surface area contributed by atoms with Gasteiger partial charge in [0.05, 0.1) is 12.8 Å². The summed E-state index contributed by atoms with van der Waals surface area (Å²) in [7, 11) is 0. The summed E-state index contributed by atoms with van der Waals surface area (Å²) in [6, 6.07) is 11.1. The zero-order valence-corrected chi connectivity index (χ0v) is 13.4.